The van der Waals surface area contributed by atoms with Crippen LogP contribution in [0.3, 0.4) is 0 Å². The Morgan fingerprint density at radius 2 is 1.97 bits per heavy atom. The Balaban J connectivity index is 2.13. The third kappa shape index (κ3) is 7.81. The van der Waals surface area contributed by atoms with Crippen molar-refractivity contribution in [2.75, 3.05) is 23.1 Å². The Hall–Kier alpha value is -1.29. The lowest BCUT2D eigenvalue weighted by molar-refractivity contribution is -0.118. The lowest BCUT2D eigenvalue weighted by atomic mass is 10.2. The Bertz CT molecular complexity index is 839. The highest BCUT2D eigenvalue weighted by Gasteiger charge is 2.23. The lowest BCUT2D eigenvalue weighted by Crippen LogP contribution is -2.44. The van der Waals surface area contributed by atoms with Crippen LogP contribution in [0.2, 0.25) is 5.02 Å². The van der Waals surface area contributed by atoms with Gasteiger partial charge in [-0.25, -0.2) is 9.97 Å². The molecule has 2 amide bonds. The molecule has 0 unspecified atom stereocenters. The molecule has 0 aliphatic carbocycles. The monoisotopic (exact) mass is 516 g/mol. The van der Waals surface area contributed by atoms with E-state index in [1.54, 1.807) is 42.2 Å². The van der Waals surface area contributed by atoms with E-state index in [1.807, 2.05) is 6.26 Å². The summed E-state index contributed by atoms with van der Waals surface area (Å²) in [7, 11) is 0. The fraction of sp³-hybridized carbons (Fsp3) is 0.368. The topological polar surface area (TPSA) is 84.0 Å². The lowest BCUT2D eigenvalue weighted by Gasteiger charge is -2.18. The van der Waals surface area contributed by atoms with E-state index in [-0.39, 0.29) is 11.6 Å². The second kappa shape index (κ2) is 12.4. The van der Waals surface area contributed by atoms with Crippen LogP contribution in [0.15, 0.2) is 40.1 Å². The number of nitrogens with zero attached hydrogens (tertiary/aromatic N) is 2. The first-order chi connectivity index (χ1) is 13.9. The van der Waals surface area contributed by atoms with Gasteiger partial charge >= 0.3 is 0 Å². The average Bonchev–Trinajstić information content (AvgIpc) is 2.71. The number of rotatable bonds is 10. The number of carbonyl (C=O) groups is 2. The number of amides is 2. The second-order valence-electron chi connectivity index (χ2n) is 6.00. The summed E-state index contributed by atoms with van der Waals surface area (Å²) in [5.41, 5.74) is 0.830. The van der Waals surface area contributed by atoms with Gasteiger partial charge in [0.25, 0.3) is 5.91 Å². The highest BCUT2D eigenvalue weighted by Crippen LogP contribution is 2.20. The first-order valence-corrected chi connectivity index (χ1v) is 12.5. The van der Waals surface area contributed by atoms with Gasteiger partial charge in [0.15, 0.2) is 5.16 Å². The largest absolute Gasteiger partial charge is 0.339 e. The molecule has 2 N–H and O–H groups in total. The number of benzene rings is 1. The van der Waals surface area contributed by atoms with E-state index in [0.29, 0.717) is 26.8 Å². The van der Waals surface area contributed by atoms with Crippen molar-refractivity contribution < 1.29 is 9.59 Å². The minimum Gasteiger partial charge on any atom is -0.339 e. The van der Waals surface area contributed by atoms with Crippen molar-refractivity contribution in [3.05, 3.63) is 45.7 Å². The highest BCUT2D eigenvalue weighted by atomic mass is 79.9. The molecule has 2 rings (SSSR count). The molecule has 6 nitrogen and oxygen atoms in total. The highest BCUT2D eigenvalue weighted by molar-refractivity contribution is 9.10. The van der Waals surface area contributed by atoms with E-state index in [4.69, 9.17) is 11.6 Å². The van der Waals surface area contributed by atoms with Gasteiger partial charge in [0, 0.05) is 22.7 Å². The second-order valence-corrected chi connectivity index (χ2v) is 9.34. The van der Waals surface area contributed by atoms with E-state index in [2.05, 4.69) is 43.5 Å². The molecule has 1 aromatic carbocycles. The molecule has 1 atom stereocenters. The summed E-state index contributed by atoms with van der Waals surface area (Å²) in [6.07, 6.45) is 4.98. The first kappa shape index (κ1) is 24.0. The minimum atomic E-state index is -0.695. The maximum absolute atomic E-state index is 12.8. The fourth-order valence-electron chi connectivity index (χ4n) is 2.27. The van der Waals surface area contributed by atoms with Crippen molar-refractivity contribution in [3.8, 4) is 0 Å². The van der Waals surface area contributed by atoms with Crippen LogP contribution < -0.4 is 10.6 Å². The van der Waals surface area contributed by atoms with Crippen LogP contribution in [0, 0.1) is 0 Å². The van der Waals surface area contributed by atoms with Gasteiger partial charge < -0.3 is 10.6 Å². The molecule has 0 bridgehead atoms. The van der Waals surface area contributed by atoms with Crippen LogP contribution in [0.5, 0.6) is 0 Å². The number of aromatic nitrogens is 2. The van der Waals surface area contributed by atoms with Gasteiger partial charge in [0.1, 0.15) is 11.7 Å². The maximum Gasteiger partial charge on any atom is 0.271 e. The van der Waals surface area contributed by atoms with Gasteiger partial charge in [-0.15, -0.1) is 0 Å². The summed E-state index contributed by atoms with van der Waals surface area (Å²) in [4.78, 5) is 34.1. The molecule has 2 aromatic rings. The molecular formula is C19H22BrClN4O2S2. The quantitative estimate of drug-likeness (QED) is 0.345. The van der Waals surface area contributed by atoms with E-state index >= 15 is 0 Å². The van der Waals surface area contributed by atoms with Crippen molar-refractivity contribution in [3.63, 3.8) is 0 Å². The number of thioether (sulfide) groups is 2. The summed E-state index contributed by atoms with van der Waals surface area (Å²) in [6.45, 7) is 2.06. The molecule has 156 valence electrons. The normalized spacial score (nSPS) is 11.7. The molecule has 1 heterocycles. The summed E-state index contributed by atoms with van der Waals surface area (Å²) in [5.74, 6) is 0.875. The van der Waals surface area contributed by atoms with E-state index in [0.717, 1.165) is 17.9 Å². The van der Waals surface area contributed by atoms with Crippen LogP contribution in [0.25, 0.3) is 0 Å². The third-order valence-corrected chi connectivity index (χ3v) is 6.26. The zero-order valence-electron chi connectivity index (χ0n) is 16.1. The van der Waals surface area contributed by atoms with Crippen molar-refractivity contribution in [1.29, 1.82) is 0 Å². The SMILES string of the molecule is CCCSc1ncc(Br)c(C(=O)N[C@@H](CCSC)C(=O)Nc2ccc(Cl)cc2)n1. The maximum atomic E-state index is 12.8. The average molecular weight is 518 g/mol. The Morgan fingerprint density at radius 3 is 2.62 bits per heavy atom. The number of anilines is 1. The van der Waals surface area contributed by atoms with Gasteiger partial charge in [0.2, 0.25) is 5.91 Å². The van der Waals surface area contributed by atoms with E-state index in [9.17, 15) is 9.59 Å². The summed E-state index contributed by atoms with van der Waals surface area (Å²) < 4.78 is 0.484. The molecule has 0 saturated carbocycles. The zero-order chi connectivity index (χ0) is 21.2. The van der Waals surface area contributed by atoms with Gasteiger partial charge in [-0.3, -0.25) is 9.59 Å². The fourth-order valence-corrected chi connectivity index (χ4v) is 3.91. The molecule has 0 saturated heterocycles. The van der Waals surface area contributed by atoms with Gasteiger partial charge in [0.05, 0.1) is 4.47 Å². The molecule has 0 spiro atoms. The van der Waals surface area contributed by atoms with Crippen LogP contribution in [-0.4, -0.2) is 45.6 Å². The van der Waals surface area contributed by atoms with Crippen molar-refractivity contribution in [2.45, 2.75) is 31.0 Å². The first-order valence-electron chi connectivity index (χ1n) is 8.96. The molecular weight excluding hydrogens is 496 g/mol. The van der Waals surface area contributed by atoms with Crippen LogP contribution >= 0.6 is 51.1 Å². The van der Waals surface area contributed by atoms with Crippen molar-refractivity contribution in [1.82, 2.24) is 15.3 Å². The number of hydrogen-bond acceptors (Lipinski definition) is 6. The summed E-state index contributed by atoms with van der Waals surface area (Å²) in [6, 6.07) is 6.12. The minimum absolute atomic E-state index is 0.215. The molecule has 0 radical (unpaired) electrons. The van der Waals surface area contributed by atoms with Crippen LogP contribution in [-0.2, 0) is 4.79 Å². The standard InChI is InChI=1S/C19H22BrClN4O2S2/c1-3-9-29-19-22-11-14(20)16(25-19)18(27)24-15(8-10-28-2)17(26)23-13-6-4-12(21)5-7-13/h4-7,11,15H,3,8-10H2,1-2H3,(H,23,26)(H,24,27)/t15-/m0/s1. The smallest absolute Gasteiger partial charge is 0.271 e. The van der Waals surface area contributed by atoms with Gasteiger partial charge in [-0.2, -0.15) is 11.8 Å². The molecule has 10 heteroatoms. The number of halogens is 2. The zero-order valence-corrected chi connectivity index (χ0v) is 20.1. The van der Waals surface area contributed by atoms with Crippen molar-refractivity contribution in [2.24, 2.45) is 0 Å². The summed E-state index contributed by atoms with van der Waals surface area (Å²) >= 11 is 12.3. The Kier molecular flexibility index (Phi) is 10.3. The van der Waals surface area contributed by atoms with Crippen LogP contribution in [0.1, 0.15) is 30.3 Å². The molecule has 29 heavy (non-hydrogen) atoms. The predicted octanol–water partition coefficient (Wildman–Crippen LogP) is 4.88. The number of nitrogens with one attached hydrogen (secondary N) is 2. The Labute approximate surface area is 192 Å². The molecule has 0 aliphatic rings. The van der Waals surface area contributed by atoms with Gasteiger partial charge in [-0.05, 0) is 65.0 Å². The van der Waals surface area contributed by atoms with E-state index < -0.39 is 11.9 Å². The number of hydrogen-bond donors (Lipinski definition) is 2. The van der Waals surface area contributed by atoms with Crippen molar-refractivity contribution >= 4 is 68.6 Å². The third-order valence-electron chi connectivity index (χ3n) is 3.72. The van der Waals surface area contributed by atoms with Gasteiger partial charge in [-0.1, -0.05) is 30.3 Å². The number of carbonyl (C=O) groups excluding carboxylic acids is 2. The molecule has 1 aromatic heterocycles. The van der Waals surface area contributed by atoms with Crippen LogP contribution in [0.4, 0.5) is 5.69 Å². The Morgan fingerprint density at radius 1 is 1.24 bits per heavy atom. The predicted molar refractivity (Wildman–Crippen MR) is 125 cm³/mol. The molecule has 0 aliphatic heterocycles. The van der Waals surface area contributed by atoms with E-state index in [1.165, 1.54) is 11.8 Å². The summed E-state index contributed by atoms with van der Waals surface area (Å²) in [5, 5.41) is 6.74. The molecule has 0 fully saturated rings.